The summed E-state index contributed by atoms with van der Waals surface area (Å²) in [5.41, 5.74) is 0.761. The Labute approximate surface area is 144 Å². The lowest BCUT2D eigenvalue weighted by molar-refractivity contribution is -0.111. The van der Waals surface area contributed by atoms with Crippen molar-refractivity contribution in [3.63, 3.8) is 0 Å². The number of hydrogen-bond acceptors (Lipinski definition) is 4. The van der Waals surface area contributed by atoms with Gasteiger partial charge in [-0.05, 0) is 38.2 Å². The Morgan fingerprint density at radius 2 is 1.88 bits per heavy atom. The van der Waals surface area contributed by atoms with Crippen LogP contribution in [0.15, 0.2) is 48.6 Å². The summed E-state index contributed by atoms with van der Waals surface area (Å²) in [7, 11) is 2.16. The van der Waals surface area contributed by atoms with E-state index in [4.69, 9.17) is 4.74 Å². The summed E-state index contributed by atoms with van der Waals surface area (Å²) in [4.78, 5) is 16.4. The lowest BCUT2D eigenvalue weighted by atomic mass is 10.3. The Balaban J connectivity index is 1.70. The fourth-order valence-corrected chi connectivity index (χ4v) is 2.44. The molecule has 0 saturated carbocycles. The first-order valence-electron chi connectivity index (χ1n) is 8.41. The number of allylic oxidation sites excluding steroid dienone is 3. The standard InChI is InChI=1S/C19H27N3O2/c1-3-4-5-6-19(23)20-17-7-9-18(10-8-17)24-16-15-22-13-11-21(2)12-14-22/h3-10H,11-16H2,1-2H3,(H,20,23). The largest absolute Gasteiger partial charge is 0.492 e. The van der Waals surface area contributed by atoms with E-state index in [1.807, 2.05) is 43.3 Å². The van der Waals surface area contributed by atoms with Crippen molar-refractivity contribution in [2.24, 2.45) is 0 Å². The highest BCUT2D eigenvalue weighted by atomic mass is 16.5. The Hall–Kier alpha value is -2.11. The molecule has 0 unspecified atom stereocenters. The summed E-state index contributed by atoms with van der Waals surface area (Å²) in [5, 5.41) is 2.81. The highest BCUT2D eigenvalue weighted by molar-refractivity contribution is 5.99. The van der Waals surface area contributed by atoms with Crippen molar-refractivity contribution in [2.75, 3.05) is 51.7 Å². The van der Waals surface area contributed by atoms with Gasteiger partial charge in [0, 0.05) is 44.5 Å². The minimum atomic E-state index is -0.142. The zero-order valence-electron chi connectivity index (χ0n) is 14.6. The molecule has 0 spiro atoms. The van der Waals surface area contributed by atoms with E-state index in [2.05, 4.69) is 22.2 Å². The zero-order chi connectivity index (χ0) is 17.2. The van der Waals surface area contributed by atoms with Crippen LogP contribution in [0.4, 0.5) is 5.69 Å². The number of ether oxygens (including phenoxy) is 1. The van der Waals surface area contributed by atoms with E-state index in [0.29, 0.717) is 6.61 Å². The Morgan fingerprint density at radius 3 is 2.54 bits per heavy atom. The second-order valence-corrected chi connectivity index (χ2v) is 5.89. The smallest absolute Gasteiger partial charge is 0.248 e. The van der Waals surface area contributed by atoms with Crippen molar-refractivity contribution in [1.29, 1.82) is 0 Å². The van der Waals surface area contributed by atoms with E-state index in [0.717, 1.165) is 44.2 Å². The minimum absolute atomic E-state index is 0.142. The molecule has 2 rings (SSSR count). The molecule has 1 heterocycles. The quantitative estimate of drug-likeness (QED) is 0.616. The minimum Gasteiger partial charge on any atom is -0.492 e. The SMILES string of the molecule is CC=CC=CC(=O)Nc1ccc(OCCN2CCN(C)CC2)cc1. The number of nitrogens with zero attached hydrogens (tertiary/aromatic N) is 2. The summed E-state index contributed by atoms with van der Waals surface area (Å²) in [6.07, 6.45) is 6.90. The summed E-state index contributed by atoms with van der Waals surface area (Å²) in [6.45, 7) is 7.99. The molecule has 0 atom stereocenters. The third-order valence-electron chi connectivity index (χ3n) is 3.95. The van der Waals surface area contributed by atoms with Gasteiger partial charge in [0.2, 0.25) is 5.91 Å². The summed E-state index contributed by atoms with van der Waals surface area (Å²) in [6, 6.07) is 7.48. The lowest BCUT2D eigenvalue weighted by Crippen LogP contribution is -2.45. The molecule has 24 heavy (non-hydrogen) atoms. The highest BCUT2D eigenvalue weighted by Gasteiger charge is 2.13. The van der Waals surface area contributed by atoms with Crippen molar-refractivity contribution in [3.8, 4) is 5.75 Å². The molecule has 1 aliphatic heterocycles. The van der Waals surface area contributed by atoms with E-state index in [-0.39, 0.29) is 5.91 Å². The van der Waals surface area contributed by atoms with Crippen LogP contribution in [0, 0.1) is 0 Å². The fraction of sp³-hybridized carbons (Fsp3) is 0.421. The van der Waals surface area contributed by atoms with Crippen LogP contribution in [0.25, 0.3) is 0 Å². The van der Waals surface area contributed by atoms with Crippen molar-refractivity contribution in [2.45, 2.75) is 6.92 Å². The number of hydrogen-bond donors (Lipinski definition) is 1. The Kier molecular flexibility index (Phi) is 7.52. The van der Waals surface area contributed by atoms with Crippen LogP contribution < -0.4 is 10.1 Å². The van der Waals surface area contributed by atoms with Gasteiger partial charge < -0.3 is 15.0 Å². The van der Waals surface area contributed by atoms with E-state index in [9.17, 15) is 4.79 Å². The molecule has 0 bridgehead atoms. The topological polar surface area (TPSA) is 44.8 Å². The molecule has 130 valence electrons. The second-order valence-electron chi connectivity index (χ2n) is 5.89. The van der Waals surface area contributed by atoms with Crippen LogP contribution in [0.2, 0.25) is 0 Å². The number of benzene rings is 1. The molecule has 0 radical (unpaired) electrons. The van der Waals surface area contributed by atoms with Crippen LogP contribution in [0.5, 0.6) is 5.75 Å². The van der Waals surface area contributed by atoms with E-state index >= 15 is 0 Å². The maximum Gasteiger partial charge on any atom is 0.248 e. The molecule has 0 aliphatic carbocycles. The number of anilines is 1. The van der Waals surface area contributed by atoms with Crippen molar-refractivity contribution in [3.05, 3.63) is 48.6 Å². The average molecular weight is 329 g/mol. The number of carbonyl (C=O) groups excluding carboxylic acids is 1. The molecule has 5 nitrogen and oxygen atoms in total. The van der Waals surface area contributed by atoms with E-state index < -0.39 is 0 Å². The Bertz CT molecular complexity index is 558. The number of nitrogens with one attached hydrogen (secondary N) is 1. The number of piperazine rings is 1. The van der Waals surface area contributed by atoms with Crippen molar-refractivity contribution < 1.29 is 9.53 Å². The molecule has 1 N–H and O–H groups in total. The first kappa shape index (κ1) is 18.2. The monoisotopic (exact) mass is 329 g/mol. The molecule has 1 saturated heterocycles. The third kappa shape index (κ3) is 6.56. The first-order valence-corrected chi connectivity index (χ1v) is 8.41. The van der Waals surface area contributed by atoms with Crippen LogP contribution in [-0.4, -0.2) is 62.1 Å². The second kappa shape index (κ2) is 9.90. The Morgan fingerprint density at radius 1 is 1.17 bits per heavy atom. The highest BCUT2D eigenvalue weighted by Crippen LogP contribution is 2.15. The maximum absolute atomic E-state index is 11.7. The number of likely N-dealkylation sites (N-methyl/N-ethyl adjacent to an activating group) is 1. The van der Waals surface area contributed by atoms with Crippen LogP contribution in [0.3, 0.4) is 0 Å². The normalized spacial score (nSPS) is 16.8. The van der Waals surface area contributed by atoms with Gasteiger partial charge in [-0.25, -0.2) is 0 Å². The fourth-order valence-electron chi connectivity index (χ4n) is 2.44. The summed E-state index contributed by atoms with van der Waals surface area (Å²) < 4.78 is 5.78. The molecule has 1 fully saturated rings. The van der Waals surface area contributed by atoms with Gasteiger partial charge in [-0.3, -0.25) is 9.69 Å². The molecule has 1 amide bonds. The van der Waals surface area contributed by atoms with Gasteiger partial charge in [-0.15, -0.1) is 0 Å². The van der Waals surface area contributed by atoms with E-state index in [1.54, 1.807) is 6.08 Å². The van der Waals surface area contributed by atoms with Crippen molar-refractivity contribution >= 4 is 11.6 Å². The first-order chi connectivity index (χ1) is 11.7. The average Bonchev–Trinajstić information content (AvgIpc) is 2.58. The zero-order valence-corrected chi connectivity index (χ0v) is 14.6. The van der Waals surface area contributed by atoms with Crippen LogP contribution >= 0.6 is 0 Å². The third-order valence-corrected chi connectivity index (χ3v) is 3.95. The van der Waals surface area contributed by atoms with Gasteiger partial charge in [0.25, 0.3) is 0 Å². The number of amides is 1. The maximum atomic E-state index is 11.7. The van der Waals surface area contributed by atoms with Crippen molar-refractivity contribution in [1.82, 2.24) is 9.80 Å². The molecule has 0 aromatic heterocycles. The number of carbonyl (C=O) groups is 1. The van der Waals surface area contributed by atoms with Gasteiger partial charge in [0.05, 0.1) is 0 Å². The van der Waals surface area contributed by atoms with Gasteiger partial charge in [0.15, 0.2) is 0 Å². The lowest BCUT2D eigenvalue weighted by Gasteiger charge is -2.32. The molecule has 1 aliphatic rings. The molecule has 1 aromatic carbocycles. The molecular formula is C19H27N3O2. The molecular weight excluding hydrogens is 302 g/mol. The van der Waals surface area contributed by atoms with Crippen LogP contribution in [-0.2, 0) is 4.79 Å². The van der Waals surface area contributed by atoms with Gasteiger partial charge in [0.1, 0.15) is 12.4 Å². The molecule has 1 aromatic rings. The predicted molar refractivity (Wildman–Crippen MR) is 98.5 cm³/mol. The van der Waals surface area contributed by atoms with Gasteiger partial charge >= 0.3 is 0 Å². The summed E-state index contributed by atoms with van der Waals surface area (Å²) in [5.74, 6) is 0.684. The van der Waals surface area contributed by atoms with Gasteiger partial charge in [-0.2, -0.15) is 0 Å². The summed E-state index contributed by atoms with van der Waals surface area (Å²) >= 11 is 0. The van der Waals surface area contributed by atoms with Gasteiger partial charge in [-0.1, -0.05) is 18.2 Å². The van der Waals surface area contributed by atoms with E-state index in [1.165, 1.54) is 6.08 Å². The predicted octanol–water partition coefficient (Wildman–Crippen LogP) is 2.38. The number of rotatable bonds is 7. The van der Waals surface area contributed by atoms with Crippen LogP contribution in [0.1, 0.15) is 6.92 Å². The molecule has 5 heteroatoms.